The van der Waals surface area contributed by atoms with Crippen LogP contribution < -0.4 is 9.80 Å². The maximum atomic E-state index is 13.6. The Morgan fingerprint density at radius 1 is 1.09 bits per heavy atom. The van der Waals surface area contributed by atoms with Crippen molar-refractivity contribution in [2.24, 2.45) is 0 Å². The summed E-state index contributed by atoms with van der Waals surface area (Å²) in [5.74, 6) is -0.0526. The molecule has 1 aliphatic heterocycles. The second-order valence-electron chi connectivity index (χ2n) is 8.07. The molecule has 33 heavy (non-hydrogen) atoms. The van der Waals surface area contributed by atoms with Crippen molar-refractivity contribution in [2.45, 2.75) is 33.2 Å². The monoisotopic (exact) mass is 459 g/mol. The molecule has 3 heterocycles. The molecule has 2 aromatic carbocycles. The Hall–Kier alpha value is -3.78. The number of imide groups is 1. The first-order chi connectivity index (χ1) is 15.9. The Morgan fingerprint density at radius 3 is 2.48 bits per heavy atom. The number of carbonyl (C=O) groups excluding carboxylic acids is 3. The van der Waals surface area contributed by atoms with Crippen LogP contribution in [0.15, 0.2) is 59.2 Å². The normalized spacial score (nSPS) is 13.8. The molecule has 7 nitrogen and oxygen atoms in total. The van der Waals surface area contributed by atoms with Gasteiger partial charge in [0, 0.05) is 18.4 Å². The van der Waals surface area contributed by atoms with Crippen molar-refractivity contribution in [3.8, 4) is 0 Å². The number of amides is 3. The Morgan fingerprint density at radius 2 is 1.82 bits per heavy atom. The predicted molar refractivity (Wildman–Crippen MR) is 126 cm³/mol. The number of hydrogen-bond donors (Lipinski definition) is 0. The van der Waals surface area contributed by atoms with E-state index in [-0.39, 0.29) is 37.1 Å². The molecule has 0 saturated carbocycles. The lowest BCUT2D eigenvalue weighted by Crippen LogP contribution is -2.31. The van der Waals surface area contributed by atoms with E-state index in [1.165, 1.54) is 16.2 Å². The first-order valence-corrected chi connectivity index (χ1v) is 11.4. The second kappa shape index (κ2) is 8.29. The quantitative estimate of drug-likeness (QED) is 0.392. The molecule has 1 aliphatic rings. The second-order valence-corrected chi connectivity index (χ2v) is 9.04. The Labute approximate surface area is 194 Å². The third kappa shape index (κ3) is 3.93. The van der Waals surface area contributed by atoms with Crippen molar-refractivity contribution in [2.75, 3.05) is 9.80 Å². The third-order valence-corrected chi connectivity index (χ3v) is 6.83. The molecule has 1 saturated heterocycles. The Balaban J connectivity index is 1.50. The van der Waals surface area contributed by atoms with E-state index in [1.807, 2.05) is 26.0 Å². The Kier molecular flexibility index (Phi) is 5.30. The van der Waals surface area contributed by atoms with Gasteiger partial charge in [-0.05, 0) is 67.4 Å². The molecule has 2 aromatic heterocycles. The molecule has 166 valence electrons. The summed E-state index contributed by atoms with van der Waals surface area (Å²) < 4.78 is 6.54. The molecule has 0 spiro atoms. The summed E-state index contributed by atoms with van der Waals surface area (Å²) >= 11 is 1.46. The molecule has 0 N–H and O–H groups in total. The standard InChI is InChI=1S/C25H21N3O4S/c1-15-12-16(2)23-20(13-15)26-25(33-23)27(14-19-4-3-11-32-19)24(31)17-5-7-18(8-6-17)28-21(29)9-10-22(28)30/h3-8,11-13H,9-10,14H2,1-2H3. The van der Waals surface area contributed by atoms with Gasteiger partial charge in [0.25, 0.3) is 5.91 Å². The molecule has 0 unspecified atom stereocenters. The fourth-order valence-corrected chi connectivity index (χ4v) is 5.05. The molecule has 8 heteroatoms. The van der Waals surface area contributed by atoms with Crippen molar-refractivity contribution in [3.05, 3.63) is 77.2 Å². The summed E-state index contributed by atoms with van der Waals surface area (Å²) in [5, 5.41) is 0.578. The fourth-order valence-electron chi connectivity index (χ4n) is 4.04. The van der Waals surface area contributed by atoms with Crippen LogP contribution in [0.2, 0.25) is 0 Å². The van der Waals surface area contributed by atoms with Gasteiger partial charge in [-0.3, -0.25) is 24.2 Å². The van der Waals surface area contributed by atoms with Crippen LogP contribution in [-0.4, -0.2) is 22.7 Å². The first-order valence-electron chi connectivity index (χ1n) is 10.6. The number of furan rings is 1. The molecular formula is C25H21N3O4S. The van der Waals surface area contributed by atoms with Gasteiger partial charge in [-0.25, -0.2) is 4.98 Å². The summed E-state index contributed by atoms with van der Waals surface area (Å²) in [6.07, 6.45) is 2.00. The van der Waals surface area contributed by atoms with E-state index in [2.05, 4.69) is 6.07 Å². The summed E-state index contributed by atoms with van der Waals surface area (Å²) in [7, 11) is 0. The van der Waals surface area contributed by atoms with E-state index >= 15 is 0 Å². The van der Waals surface area contributed by atoms with Crippen molar-refractivity contribution in [1.82, 2.24) is 4.98 Å². The van der Waals surface area contributed by atoms with Gasteiger partial charge in [-0.2, -0.15) is 0 Å². The largest absolute Gasteiger partial charge is 0.467 e. The number of aryl methyl sites for hydroxylation is 2. The first kappa shape index (κ1) is 21.1. The zero-order valence-electron chi connectivity index (χ0n) is 18.2. The number of aromatic nitrogens is 1. The highest BCUT2D eigenvalue weighted by molar-refractivity contribution is 7.22. The van der Waals surface area contributed by atoms with Gasteiger partial charge in [0.1, 0.15) is 5.76 Å². The lowest BCUT2D eigenvalue weighted by Gasteiger charge is -2.19. The molecule has 0 radical (unpaired) electrons. The highest BCUT2D eigenvalue weighted by atomic mass is 32.1. The van der Waals surface area contributed by atoms with Crippen molar-refractivity contribution in [3.63, 3.8) is 0 Å². The van der Waals surface area contributed by atoms with E-state index in [4.69, 9.17) is 9.40 Å². The molecule has 4 aromatic rings. The van der Waals surface area contributed by atoms with Crippen LogP contribution in [-0.2, 0) is 16.1 Å². The number of nitrogens with zero attached hydrogens (tertiary/aromatic N) is 3. The topological polar surface area (TPSA) is 83.7 Å². The molecular weight excluding hydrogens is 438 g/mol. The number of carbonyl (C=O) groups is 3. The molecule has 5 rings (SSSR count). The van der Waals surface area contributed by atoms with Crippen LogP contribution in [0.4, 0.5) is 10.8 Å². The van der Waals surface area contributed by atoms with Crippen molar-refractivity contribution >= 4 is 50.1 Å². The van der Waals surface area contributed by atoms with Crippen LogP contribution in [0.1, 0.15) is 40.1 Å². The lowest BCUT2D eigenvalue weighted by atomic mass is 10.1. The zero-order chi connectivity index (χ0) is 23.1. The SMILES string of the molecule is Cc1cc(C)c2sc(N(Cc3ccco3)C(=O)c3ccc(N4C(=O)CCC4=O)cc3)nc2c1. The minimum absolute atomic E-state index is 0.215. The molecule has 0 atom stereocenters. The van der Waals surface area contributed by atoms with E-state index in [0.29, 0.717) is 22.1 Å². The number of anilines is 2. The van der Waals surface area contributed by atoms with Crippen LogP contribution in [0.5, 0.6) is 0 Å². The van der Waals surface area contributed by atoms with Crippen molar-refractivity contribution < 1.29 is 18.8 Å². The number of hydrogen-bond acceptors (Lipinski definition) is 6. The number of fused-ring (bicyclic) bond motifs is 1. The third-order valence-electron chi connectivity index (χ3n) is 5.60. The minimum Gasteiger partial charge on any atom is -0.467 e. The smallest absolute Gasteiger partial charge is 0.260 e. The zero-order valence-corrected chi connectivity index (χ0v) is 19.0. The van der Waals surface area contributed by atoms with E-state index in [1.54, 1.807) is 41.5 Å². The molecule has 3 amide bonds. The van der Waals surface area contributed by atoms with Gasteiger partial charge in [0.15, 0.2) is 5.13 Å². The van der Waals surface area contributed by atoms with Crippen LogP contribution in [0.25, 0.3) is 10.2 Å². The average molecular weight is 460 g/mol. The van der Waals surface area contributed by atoms with E-state index < -0.39 is 0 Å². The van der Waals surface area contributed by atoms with Gasteiger partial charge in [0.2, 0.25) is 11.8 Å². The maximum absolute atomic E-state index is 13.6. The molecule has 0 aliphatic carbocycles. The van der Waals surface area contributed by atoms with E-state index in [9.17, 15) is 14.4 Å². The molecule has 1 fully saturated rings. The molecule has 0 bridgehead atoms. The number of rotatable bonds is 5. The van der Waals surface area contributed by atoms with Gasteiger partial charge >= 0.3 is 0 Å². The fraction of sp³-hybridized carbons (Fsp3) is 0.200. The summed E-state index contributed by atoms with van der Waals surface area (Å²) in [6.45, 7) is 4.29. The lowest BCUT2D eigenvalue weighted by molar-refractivity contribution is -0.121. The van der Waals surface area contributed by atoms with Gasteiger partial charge < -0.3 is 4.42 Å². The van der Waals surface area contributed by atoms with Crippen molar-refractivity contribution in [1.29, 1.82) is 0 Å². The summed E-state index contributed by atoms with van der Waals surface area (Å²) in [5.41, 5.74) is 3.98. The summed E-state index contributed by atoms with van der Waals surface area (Å²) in [6, 6.07) is 14.2. The van der Waals surface area contributed by atoms with Crippen LogP contribution >= 0.6 is 11.3 Å². The number of thiazole rings is 1. The van der Waals surface area contributed by atoms with Gasteiger partial charge in [-0.15, -0.1) is 0 Å². The van der Waals surface area contributed by atoms with E-state index in [0.717, 1.165) is 21.3 Å². The minimum atomic E-state index is -0.245. The van der Waals surface area contributed by atoms with Crippen LogP contribution in [0.3, 0.4) is 0 Å². The maximum Gasteiger partial charge on any atom is 0.260 e. The van der Waals surface area contributed by atoms with Gasteiger partial charge in [-0.1, -0.05) is 17.4 Å². The van der Waals surface area contributed by atoms with Crippen LogP contribution in [0, 0.1) is 13.8 Å². The Bertz CT molecular complexity index is 1360. The highest BCUT2D eigenvalue weighted by Gasteiger charge is 2.30. The predicted octanol–water partition coefficient (Wildman–Crippen LogP) is 5.01. The number of benzene rings is 2. The van der Waals surface area contributed by atoms with Gasteiger partial charge in [0.05, 0.1) is 28.7 Å². The summed E-state index contributed by atoms with van der Waals surface area (Å²) in [4.78, 5) is 45.1. The highest BCUT2D eigenvalue weighted by Crippen LogP contribution is 2.34. The average Bonchev–Trinajstić information content (AvgIpc) is 3.52.